The number of ether oxygens (including phenoxy) is 1. The van der Waals surface area contributed by atoms with Gasteiger partial charge in [-0.05, 0) is 44.9 Å². The number of thioether (sulfide) groups is 1. The second kappa shape index (κ2) is 10.4. The Morgan fingerprint density at radius 2 is 1.59 bits per heavy atom. The molecule has 0 aliphatic rings. The average Bonchev–Trinajstić information content (AvgIpc) is 2.68. The van der Waals surface area contributed by atoms with E-state index in [1.54, 1.807) is 20.8 Å². The molecule has 0 spiro atoms. The molecular weight excluding hydrogens is 382 g/mol. The van der Waals surface area contributed by atoms with E-state index >= 15 is 0 Å². The molecule has 6 heteroatoms. The molecule has 5 nitrogen and oxygen atoms in total. The zero-order chi connectivity index (χ0) is 21.3. The van der Waals surface area contributed by atoms with Crippen LogP contribution in [0, 0.1) is 22.7 Å². The third-order valence-electron chi connectivity index (χ3n) is 3.73. The van der Waals surface area contributed by atoms with Gasteiger partial charge >= 0.3 is 6.09 Å². The van der Waals surface area contributed by atoms with Gasteiger partial charge in [0.1, 0.15) is 23.3 Å². The van der Waals surface area contributed by atoms with Crippen LogP contribution in [-0.2, 0) is 11.2 Å². The summed E-state index contributed by atoms with van der Waals surface area (Å²) in [5.74, 6) is 0. The molecule has 0 aromatic heterocycles. The van der Waals surface area contributed by atoms with Crippen LogP contribution in [0.4, 0.5) is 4.79 Å². The standard InChI is InChI=1S/C23H23N3O2S/c1-23(2,3)28-22(27)26-20(14-17-10-6-4-7-11-17)21(18(15-24)16-25)29-19-12-8-5-9-13-19/h4-13,20H,14H2,1-3H3,(H,26,27)/t20-/m0/s1. The molecule has 2 aromatic rings. The normalized spacial score (nSPS) is 11.5. The van der Waals surface area contributed by atoms with Crippen molar-refractivity contribution < 1.29 is 9.53 Å². The Kier molecular flexibility index (Phi) is 7.88. The van der Waals surface area contributed by atoms with Crippen molar-refractivity contribution in [2.45, 2.75) is 43.7 Å². The van der Waals surface area contributed by atoms with Crippen LogP contribution in [-0.4, -0.2) is 17.7 Å². The lowest BCUT2D eigenvalue weighted by Crippen LogP contribution is -2.41. The molecule has 29 heavy (non-hydrogen) atoms. The van der Waals surface area contributed by atoms with E-state index in [1.165, 1.54) is 11.8 Å². The zero-order valence-corrected chi connectivity index (χ0v) is 17.5. The SMILES string of the molecule is CC(C)(C)OC(=O)N[C@@H](Cc1ccccc1)C(Sc1ccccc1)=C(C#N)C#N. The highest BCUT2D eigenvalue weighted by Crippen LogP contribution is 2.32. The lowest BCUT2D eigenvalue weighted by atomic mass is 10.0. The van der Waals surface area contributed by atoms with E-state index in [2.05, 4.69) is 5.32 Å². The number of alkyl carbamates (subject to hydrolysis) is 1. The highest BCUT2D eigenvalue weighted by Gasteiger charge is 2.25. The second-order valence-electron chi connectivity index (χ2n) is 7.27. The summed E-state index contributed by atoms with van der Waals surface area (Å²) in [4.78, 5) is 13.8. The third kappa shape index (κ3) is 7.37. The van der Waals surface area contributed by atoms with Crippen molar-refractivity contribution in [1.82, 2.24) is 5.32 Å². The zero-order valence-electron chi connectivity index (χ0n) is 16.7. The molecule has 0 radical (unpaired) electrons. The number of nitrogens with zero attached hydrogens (tertiary/aromatic N) is 2. The summed E-state index contributed by atoms with van der Waals surface area (Å²) in [7, 11) is 0. The molecule has 1 atom stereocenters. The van der Waals surface area contributed by atoms with E-state index in [4.69, 9.17) is 4.74 Å². The summed E-state index contributed by atoms with van der Waals surface area (Å²) >= 11 is 1.30. The van der Waals surface area contributed by atoms with Gasteiger partial charge in [-0.2, -0.15) is 10.5 Å². The molecule has 2 rings (SSSR count). The van der Waals surface area contributed by atoms with Gasteiger partial charge in [0.15, 0.2) is 0 Å². The predicted molar refractivity (Wildman–Crippen MR) is 114 cm³/mol. The first-order chi connectivity index (χ1) is 13.8. The lowest BCUT2D eigenvalue weighted by molar-refractivity contribution is 0.0513. The molecule has 0 heterocycles. The quantitative estimate of drug-likeness (QED) is 0.526. The Bertz CT molecular complexity index is 920. The Labute approximate surface area is 176 Å². The third-order valence-corrected chi connectivity index (χ3v) is 4.95. The minimum absolute atomic E-state index is 0.0316. The van der Waals surface area contributed by atoms with Crippen molar-refractivity contribution in [2.75, 3.05) is 0 Å². The molecule has 0 saturated heterocycles. The number of benzene rings is 2. The molecule has 0 unspecified atom stereocenters. The monoisotopic (exact) mass is 405 g/mol. The maximum absolute atomic E-state index is 12.5. The molecule has 0 bridgehead atoms. The Morgan fingerprint density at radius 1 is 1.03 bits per heavy atom. The second-order valence-corrected chi connectivity index (χ2v) is 8.38. The summed E-state index contributed by atoms with van der Waals surface area (Å²) in [6.07, 6.45) is -0.179. The van der Waals surface area contributed by atoms with Gasteiger partial charge in [-0.1, -0.05) is 60.3 Å². The molecular formula is C23H23N3O2S. The van der Waals surface area contributed by atoms with E-state index < -0.39 is 17.7 Å². The number of rotatable bonds is 6. The highest BCUT2D eigenvalue weighted by molar-refractivity contribution is 8.03. The van der Waals surface area contributed by atoms with Crippen molar-refractivity contribution in [3.8, 4) is 12.1 Å². The minimum atomic E-state index is -0.662. The van der Waals surface area contributed by atoms with E-state index in [1.807, 2.05) is 72.8 Å². The van der Waals surface area contributed by atoms with E-state index in [0.717, 1.165) is 10.5 Å². The summed E-state index contributed by atoms with van der Waals surface area (Å²) < 4.78 is 5.41. The van der Waals surface area contributed by atoms with E-state index in [0.29, 0.717) is 11.3 Å². The van der Waals surface area contributed by atoms with Crippen molar-refractivity contribution in [3.05, 3.63) is 76.7 Å². The van der Waals surface area contributed by atoms with Gasteiger partial charge in [0.05, 0.1) is 6.04 Å². The van der Waals surface area contributed by atoms with Crippen LogP contribution < -0.4 is 5.32 Å². The number of allylic oxidation sites excluding steroid dienone is 1. The Hall–Kier alpha value is -3.22. The Balaban J connectivity index is 2.42. The molecule has 0 saturated carbocycles. The number of hydrogen-bond acceptors (Lipinski definition) is 5. The minimum Gasteiger partial charge on any atom is -0.444 e. The van der Waals surface area contributed by atoms with E-state index in [-0.39, 0.29) is 5.57 Å². The largest absolute Gasteiger partial charge is 0.444 e. The maximum atomic E-state index is 12.5. The van der Waals surface area contributed by atoms with Crippen LogP contribution >= 0.6 is 11.8 Å². The van der Waals surface area contributed by atoms with Gasteiger partial charge < -0.3 is 10.1 Å². The van der Waals surface area contributed by atoms with Gasteiger partial charge in [-0.3, -0.25) is 0 Å². The molecule has 0 aliphatic heterocycles. The first-order valence-electron chi connectivity index (χ1n) is 9.13. The number of nitriles is 2. The smallest absolute Gasteiger partial charge is 0.408 e. The molecule has 0 aliphatic carbocycles. The lowest BCUT2D eigenvalue weighted by Gasteiger charge is -2.25. The van der Waals surface area contributed by atoms with Crippen LogP contribution in [0.25, 0.3) is 0 Å². The van der Waals surface area contributed by atoms with Gasteiger partial charge in [-0.15, -0.1) is 0 Å². The summed E-state index contributed by atoms with van der Waals surface area (Å²) in [6, 6.07) is 22.4. The van der Waals surface area contributed by atoms with Crippen molar-refractivity contribution in [1.29, 1.82) is 10.5 Å². The number of carbonyl (C=O) groups is 1. The molecule has 1 N–H and O–H groups in total. The van der Waals surface area contributed by atoms with E-state index in [9.17, 15) is 15.3 Å². The predicted octanol–water partition coefficient (Wildman–Crippen LogP) is 5.22. The summed E-state index contributed by atoms with van der Waals surface area (Å²) in [6.45, 7) is 5.35. The van der Waals surface area contributed by atoms with Gasteiger partial charge in [0.2, 0.25) is 0 Å². The van der Waals surface area contributed by atoms with Crippen molar-refractivity contribution >= 4 is 17.9 Å². The van der Waals surface area contributed by atoms with Crippen LogP contribution in [0.2, 0.25) is 0 Å². The van der Waals surface area contributed by atoms with Crippen molar-refractivity contribution in [3.63, 3.8) is 0 Å². The summed E-state index contributed by atoms with van der Waals surface area (Å²) in [5, 5.41) is 21.9. The first-order valence-corrected chi connectivity index (χ1v) is 9.94. The van der Waals surface area contributed by atoms with Crippen LogP contribution in [0.1, 0.15) is 26.3 Å². The number of carbonyl (C=O) groups excluding carboxylic acids is 1. The maximum Gasteiger partial charge on any atom is 0.408 e. The van der Waals surface area contributed by atoms with Gasteiger partial charge in [-0.25, -0.2) is 4.79 Å². The fourth-order valence-corrected chi connectivity index (χ4v) is 3.58. The molecule has 0 fully saturated rings. The first kappa shape index (κ1) is 22.1. The fraction of sp³-hybridized carbons (Fsp3) is 0.261. The van der Waals surface area contributed by atoms with Crippen LogP contribution in [0.3, 0.4) is 0 Å². The number of hydrogen-bond donors (Lipinski definition) is 1. The molecule has 1 amide bonds. The average molecular weight is 406 g/mol. The topological polar surface area (TPSA) is 85.9 Å². The summed E-state index contributed by atoms with van der Waals surface area (Å²) in [5.41, 5.74) is 0.274. The van der Waals surface area contributed by atoms with Crippen LogP contribution in [0.15, 0.2) is 76.0 Å². The number of amides is 1. The molecule has 2 aromatic carbocycles. The number of nitrogens with one attached hydrogen (secondary N) is 1. The van der Waals surface area contributed by atoms with Gasteiger partial charge in [0, 0.05) is 9.80 Å². The molecule has 148 valence electrons. The Morgan fingerprint density at radius 3 is 2.10 bits per heavy atom. The highest BCUT2D eigenvalue weighted by atomic mass is 32.2. The fourth-order valence-electron chi connectivity index (χ4n) is 2.56. The van der Waals surface area contributed by atoms with Crippen LogP contribution in [0.5, 0.6) is 0 Å². The van der Waals surface area contributed by atoms with Gasteiger partial charge in [0.25, 0.3) is 0 Å². The van der Waals surface area contributed by atoms with Crippen molar-refractivity contribution in [2.24, 2.45) is 0 Å².